The molecular weight excluding hydrogens is 296 g/mol. The van der Waals surface area contributed by atoms with Gasteiger partial charge in [-0.15, -0.1) is 11.8 Å². The monoisotopic (exact) mass is 312 g/mol. The van der Waals surface area contributed by atoms with Crippen molar-refractivity contribution in [3.05, 3.63) is 64.7 Å². The van der Waals surface area contributed by atoms with Crippen molar-refractivity contribution in [2.45, 2.75) is 23.4 Å². The van der Waals surface area contributed by atoms with Crippen molar-refractivity contribution in [3.63, 3.8) is 0 Å². The minimum atomic E-state index is -0.151. The Bertz CT molecular complexity index is 720. The molecule has 4 heteroatoms. The maximum Gasteiger partial charge on any atom is 0.194 e. The first-order valence-electron chi connectivity index (χ1n) is 7.43. The molecule has 0 unspecified atom stereocenters. The third kappa shape index (κ3) is 2.58. The van der Waals surface area contributed by atoms with Crippen molar-refractivity contribution in [1.82, 2.24) is 0 Å². The summed E-state index contributed by atoms with van der Waals surface area (Å²) in [5.74, 6) is 0.949. The molecule has 0 amide bonds. The number of hydrogen-bond acceptors (Lipinski definition) is 4. The highest BCUT2D eigenvalue weighted by Crippen LogP contribution is 2.34. The second-order valence-corrected chi connectivity index (χ2v) is 6.50. The van der Waals surface area contributed by atoms with Gasteiger partial charge in [0, 0.05) is 28.2 Å². The van der Waals surface area contributed by atoms with E-state index in [1.807, 2.05) is 36.4 Å². The molecule has 2 aromatic carbocycles. The second kappa shape index (κ2) is 5.88. The van der Waals surface area contributed by atoms with Gasteiger partial charge in [-0.3, -0.25) is 4.79 Å². The predicted octanol–water partition coefficient (Wildman–Crippen LogP) is 3.44. The van der Waals surface area contributed by atoms with Gasteiger partial charge in [0.15, 0.2) is 12.1 Å². The fraction of sp³-hybridized carbons (Fsp3) is 0.278. The molecule has 2 aliphatic heterocycles. The number of fused-ring (bicyclic) bond motifs is 2. The quantitative estimate of drug-likeness (QED) is 0.851. The molecular formula is C18H16O3S. The van der Waals surface area contributed by atoms with Crippen LogP contribution in [0.5, 0.6) is 0 Å². The number of ether oxygens (including phenoxy) is 2. The topological polar surface area (TPSA) is 35.5 Å². The van der Waals surface area contributed by atoms with Gasteiger partial charge in [-0.2, -0.15) is 0 Å². The Morgan fingerprint density at radius 2 is 1.86 bits per heavy atom. The van der Waals surface area contributed by atoms with Gasteiger partial charge < -0.3 is 9.47 Å². The Morgan fingerprint density at radius 3 is 2.73 bits per heavy atom. The Balaban J connectivity index is 1.65. The number of carbonyl (C=O) groups is 1. The lowest BCUT2D eigenvalue weighted by atomic mass is 9.98. The number of hydrogen-bond donors (Lipinski definition) is 0. The Morgan fingerprint density at radius 1 is 1.05 bits per heavy atom. The molecule has 2 aliphatic rings. The molecule has 0 atom stereocenters. The SMILES string of the molecule is O=C1c2ccccc2CSc2cc(CC3OCCO3)ccc21. The average molecular weight is 312 g/mol. The fourth-order valence-electron chi connectivity index (χ4n) is 2.89. The van der Waals surface area contributed by atoms with Gasteiger partial charge in [-0.25, -0.2) is 0 Å². The van der Waals surface area contributed by atoms with Gasteiger partial charge in [-0.1, -0.05) is 30.3 Å². The summed E-state index contributed by atoms with van der Waals surface area (Å²) in [5.41, 5.74) is 3.88. The van der Waals surface area contributed by atoms with Gasteiger partial charge in [0.2, 0.25) is 0 Å². The molecule has 0 radical (unpaired) electrons. The van der Waals surface area contributed by atoms with Crippen LogP contribution in [0.2, 0.25) is 0 Å². The van der Waals surface area contributed by atoms with Crippen LogP contribution in [0.3, 0.4) is 0 Å². The van der Waals surface area contributed by atoms with Crippen LogP contribution in [0, 0.1) is 0 Å². The number of rotatable bonds is 2. The van der Waals surface area contributed by atoms with Crippen molar-refractivity contribution in [2.75, 3.05) is 13.2 Å². The second-order valence-electron chi connectivity index (χ2n) is 5.48. The summed E-state index contributed by atoms with van der Waals surface area (Å²) < 4.78 is 11.0. The molecule has 0 saturated carbocycles. The third-order valence-electron chi connectivity index (χ3n) is 4.03. The van der Waals surface area contributed by atoms with Crippen molar-refractivity contribution in [2.24, 2.45) is 0 Å². The molecule has 1 fully saturated rings. The van der Waals surface area contributed by atoms with Crippen LogP contribution in [-0.4, -0.2) is 25.3 Å². The van der Waals surface area contributed by atoms with E-state index in [1.54, 1.807) is 11.8 Å². The summed E-state index contributed by atoms with van der Waals surface area (Å²) in [4.78, 5) is 13.8. The highest BCUT2D eigenvalue weighted by molar-refractivity contribution is 7.98. The zero-order valence-corrected chi connectivity index (χ0v) is 12.9. The maximum absolute atomic E-state index is 12.7. The van der Waals surface area contributed by atoms with Crippen LogP contribution in [0.1, 0.15) is 27.0 Å². The summed E-state index contributed by atoms with van der Waals surface area (Å²) in [5, 5.41) is 0. The molecule has 0 N–H and O–H groups in total. The third-order valence-corrected chi connectivity index (χ3v) is 5.13. The molecule has 3 nitrogen and oxygen atoms in total. The minimum Gasteiger partial charge on any atom is -0.350 e. The lowest BCUT2D eigenvalue weighted by molar-refractivity contribution is -0.0400. The largest absolute Gasteiger partial charge is 0.350 e. The summed E-state index contributed by atoms with van der Waals surface area (Å²) >= 11 is 1.73. The highest BCUT2D eigenvalue weighted by Gasteiger charge is 2.22. The van der Waals surface area contributed by atoms with Crippen LogP contribution in [0.25, 0.3) is 0 Å². The van der Waals surface area contributed by atoms with Gasteiger partial charge in [-0.05, 0) is 23.3 Å². The van der Waals surface area contributed by atoms with E-state index in [-0.39, 0.29) is 12.1 Å². The van der Waals surface area contributed by atoms with Crippen molar-refractivity contribution >= 4 is 17.5 Å². The Kier molecular flexibility index (Phi) is 3.74. The molecule has 0 aromatic heterocycles. The summed E-state index contributed by atoms with van der Waals surface area (Å²) in [6.07, 6.45) is 0.580. The first-order valence-corrected chi connectivity index (χ1v) is 8.41. The van der Waals surface area contributed by atoms with E-state index < -0.39 is 0 Å². The van der Waals surface area contributed by atoms with Gasteiger partial charge in [0.1, 0.15) is 0 Å². The lowest BCUT2D eigenvalue weighted by Gasteiger charge is -2.11. The summed E-state index contributed by atoms with van der Waals surface area (Å²) in [7, 11) is 0. The first kappa shape index (κ1) is 14.0. The van der Waals surface area contributed by atoms with E-state index in [0.29, 0.717) is 13.2 Å². The lowest BCUT2D eigenvalue weighted by Crippen LogP contribution is -2.11. The van der Waals surface area contributed by atoms with Crippen molar-refractivity contribution in [1.29, 1.82) is 0 Å². The molecule has 0 aliphatic carbocycles. The predicted molar refractivity (Wildman–Crippen MR) is 85.3 cm³/mol. The van der Waals surface area contributed by atoms with Crippen LogP contribution in [0.4, 0.5) is 0 Å². The van der Waals surface area contributed by atoms with Gasteiger partial charge >= 0.3 is 0 Å². The number of benzene rings is 2. The minimum absolute atomic E-state index is 0.121. The first-order chi connectivity index (χ1) is 10.8. The number of thioether (sulfide) groups is 1. The molecule has 22 heavy (non-hydrogen) atoms. The number of ketones is 1. The van der Waals surface area contributed by atoms with E-state index >= 15 is 0 Å². The maximum atomic E-state index is 12.7. The van der Waals surface area contributed by atoms with Crippen LogP contribution in [-0.2, 0) is 21.6 Å². The average Bonchev–Trinajstić information content (AvgIpc) is 3.01. The van der Waals surface area contributed by atoms with E-state index in [9.17, 15) is 4.79 Å². The van der Waals surface area contributed by atoms with E-state index in [1.165, 1.54) is 0 Å². The van der Waals surface area contributed by atoms with Crippen LogP contribution < -0.4 is 0 Å². The van der Waals surface area contributed by atoms with Gasteiger partial charge in [0.25, 0.3) is 0 Å². The zero-order valence-electron chi connectivity index (χ0n) is 12.1. The molecule has 112 valence electrons. The normalized spacial score (nSPS) is 17.9. The molecule has 0 bridgehead atoms. The fourth-order valence-corrected chi connectivity index (χ4v) is 4.00. The number of carbonyl (C=O) groups excluding carboxylic acids is 1. The van der Waals surface area contributed by atoms with E-state index in [4.69, 9.17) is 9.47 Å². The van der Waals surface area contributed by atoms with Crippen molar-refractivity contribution < 1.29 is 14.3 Å². The molecule has 4 rings (SSSR count). The Labute approximate surface area is 133 Å². The standard InChI is InChI=1S/C18H16O3S/c19-18-14-4-2-1-3-13(14)11-22-16-9-12(5-6-15(16)18)10-17-20-7-8-21-17/h1-6,9,17H,7-8,10-11H2. The van der Waals surface area contributed by atoms with Gasteiger partial charge in [0.05, 0.1) is 13.2 Å². The highest BCUT2D eigenvalue weighted by atomic mass is 32.2. The van der Waals surface area contributed by atoms with Crippen LogP contribution >= 0.6 is 11.8 Å². The summed E-state index contributed by atoms with van der Waals surface area (Å²) in [6.45, 7) is 1.33. The van der Waals surface area contributed by atoms with Crippen molar-refractivity contribution in [3.8, 4) is 0 Å². The zero-order chi connectivity index (χ0) is 14.9. The smallest absolute Gasteiger partial charge is 0.194 e. The molecule has 0 spiro atoms. The Hall–Kier alpha value is -1.62. The van der Waals surface area contributed by atoms with E-state index in [0.717, 1.165) is 39.3 Å². The molecule has 1 saturated heterocycles. The summed E-state index contributed by atoms with van der Waals surface area (Å²) in [6, 6.07) is 13.9. The molecule has 2 heterocycles. The van der Waals surface area contributed by atoms with E-state index in [2.05, 4.69) is 6.07 Å². The van der Waals surface area contributed by atoms with Crippen LogP contribution in [0.15, 0.2) is 47.4 Å². The molecule has 2 aromatic rings.